The lowest BCUT2D eigenvalue weighted by Crippen LogP contribution is -2.42. The zero-order valence-electron chi connectivity index (χ0n) is 13.2. The number of hydrogen-bond donors (Lipinski definition) is 0. The van der Waals surface area contributed by atoms with E-state index in [0.717, 1.165) is 15.4 Å². The SMILES string of the molecule is O=C(c1cc2cccc(Br)c2o1)N1CCO[C@H](c2ccc(F)cc2)C1. The minimum absolute atomic E-state index is 0.168. The van der Waals surface area contributed by atoms with Crippen molar-refractivity contribution < 1.29 is 18.3 Å². The Bertz CT molecular complexity index is 922. The molecule has 0 spiro atoms. The minimum atomic E-state index is -0.291. The largest absolute Gasteiger partial charge is 0.450 e. The third-order valence-electron chi connectivity index (χ3n) is 4.30. The molecule has 1 saturated heterocycles. The van der Waals surface area contributed by atoms with Crippen LogP contribution in [0.2, 0.25) is 0 Å². The number of amides is 1. The second-order valence-electron chi connectivity index (χ2n) is 5.93. The molecular formula is C19H15BrFNO3. The first-order valence-electron chi connectivity index (χ1n) is 7.96. The van der Waals surface area contributed by atoms with Crippen molar-refractivity contribution in [1.29, 1.82) is 0 Å². The summed E-state index contributed by atoms with van der Waals surface area (Å²) in [7, 11) is 0. The van der Waals surface area contributed by atoms with Crippen LogP contribution in [-0.4, -0.2) is 30.5 Å². The van der Waals surface area contributed by atoms with Crippen molar-refractivity contribution in [3.05, 3.63) is 70.1 Å². The average Bonchev–Trinajstić information content (AvgIpc) is 3.07. The number of halogens is 2. The standard InChI is InChI=1S/C19H15BrFNO3/c20-15-3-1-2-13-10-16(25-18(13)15)19(23)22-8-9-24-17(11-22)12-4-6-14(21)7-5-12/h1-7,10,17H,8-9,11H2/t17-/m0/s1. The Labute approximate surface area is 152 Å². The molecule has 0 aliphatic carbocycles. The predicted molar refractivity (Wildman–Crippen MR) is 94.9 cm³/mol. The maximum atomic E-state index is 13.1. The summed E-state index contributed by atoms with van der Waals surface area (Å²) in [5, 5.41) is 0.876. The molecule has 0 radical (unpaired) electrons. The first-order chi connectivity index (χ1) is 12.1. The number of carbonyl (C=O) groups is 1. The van der Waals surface area contributed by atoms with Gasteiger partial charge in [0.05, 0.1) is 17.6 Å². The molecule has 1 aliphatic rings. The van der Waals surface area contributed by atoms with Gasteiger partial charge in [-0.05, 0) is 45.8 Å². The highest BCUT2D eigenvalue weighted by Gasteiger charge is 2.28. The van der Waals surface area contributed by atoms with Gasteiger partial charge in [0.25, 0.3) is 5.91 Å². The Morgan fingerprint density at radius 2 is 2.00 bits per heavy atom. The van der Waals surface area contributed by atoms with Crippen LogP contribution in [0.1, 0.15) is 22.2 Å². The van der Waals surface area contributed by atoms with E-state index in [-0.39, 0.29) is 17.8 Å². The van der Waals surface area contributed by atoms with Crippen molar-refractivity contribution in [2.75, 3.05) is 19.7 Å². The van der Waals surface area contributed by atoms with Crippen LogP contribution in [0.3, 0.4) is 0 Å². The van der Waals surface area contributed by atoms with E-state index in [0.29, 0.717) is 31.0 Å². The Morgan fingerprint density at radius 3 is 2.76 bits per heavy atom. The summed E-state index contributed by atoms with van der Waals surface area (Å²) in [6, 6.07) is 13.6. The normalized spacial score (nSPS) is 17.8. The summed E-state index contributed by atoms with van der Waals surface area (Å²) >= 11 is 3.43. The molecule has 0 unspecified atom stereocenters. The quantitative estimate of drug-likeness (QED) is 0.630. The summed E-state index contributed by atoms with van der Waals surface area (Å²) in [5.41, 5.74) is 1.51. The molecule has 2 aromatic carbocycles. The number of hydrogen-bond acceptors (Lipinski definition) is 3. The highest BCUT2D eigenvalue weighted by atomic mass is 79.9. The van der Waals surface area contributed by atoms with Gasteiger partial charge < -0.3 is 14.1 Å². The van der Waals surface area contributed by atoms with E-state index in [9.17, 15) is 9.18 Å². The maximum Gasteiger partial charge on any atom is 0.289 e. The number of furan rings is 1. The zero-order chi connectivity index (χ0) is 17.4. The second-order valence-corrected chi connectivity index (χ2v) is 6.79. The molecule has 0 saturated carbocycles. The third kappa shape index (κ3) is 3.19. The number of para-hydroxylation sites is 1. The predicted octanol–water partition coefficient (Wildman–Crippen LogP) is 4.55. The molecule has 1 amide bonds. The fourth-order valence-electron chi connectivity index (χ4n) is 3.00. The molecule has 128 valence electrons. The molecule has 1 aromatic heterocycles. The molecule has 6 heteroatoms. The van der Waals surface area contributed by atoms with E-state index in [1.807, 2.05) is 18.2 Å². The lowest BCUT2D eigenvalue weighted by atomic mass is 10.1. The van der Waals surface area contributed by atoms with Gasteiger partial charge in [-0.25, -0.2) is 4.39 Å². The number of carbonyl (C=O) groups excluding carboxylic acids is 1. The first-order valence-corrected chi connectivity index (χ1v) is 8.75. The van der Waals surface area contributed by atoms with Crippen molar-refractivity contribution in [2.24, 2.45) is 0 Å². The highest BCUT2D eigenvalue weighted by molar-refractivity contribution is 9.10. The monoisotopic (exact) mass is 403 g/mol. The number of ether oxygens (including phenoxy) is 1. The van der Waals surface area contributed by atoms with Crippen molar-refractivity contribution >= 4 is 32.8 Å². The molecule has 1 aliphatic heterocycles. The summed E-state index contributed by atoms with van der Waals surface area (Å²) in [4.78, 5) is 14.5. The van der Waals surface area contributed by atoms with Crippen LogP contribution in [0.15, 0.2) is 57.4 Å². The minimum Gasteiger partial charge on any atom is -0.450 e. The number of fused-ring (bicyclic) bond motifs is 1. The van der Waals surface area contributed by atoms with Crippen LogP contribution in [-0.2, 0) is 4.74 Å². The van der Waals surface area contributed by atoms with Gasteiger partial charge in [-0.3, -0.25) is 4.79 Å². The maximum absolute atomic E-state index is 13.1. The summed E-state index contributed by atoms with van der Waals surface area (Å²) < 4.78 is 25.4. The molecule has 4 nitrogen and oxygen atoms in total. The lowest BCUT2D eigenvalue weighted by Gasteiger charge is -2.32. The fourth-order valence-corrected chi connectivity index (χ4v) is 3.46. The van der Waals surface area contributed by atoms with Crippen LogP contribution in [0.4, 0.5) is 4.39 Å². The highest BCUT2D eigenvalue weighted by Crippen LogP contribution is 2.29. The molecule has 1 fully saturated rings. The lowest BCUT2D eigenvalue weighted by molar-refractivity contribution is -0.0237. The van der Waals surface area contributed by atoms with Gasteiger partial charge in [-0.15, -0.1) is 0 Å². The average molecular weight is 404 g/mol. The molecule has 0 bridgehead atoms. The third-order valence-corrected chi connectivity index (χ3v) is 4.93. The van der Waals surface area contributed by atoms with E-state index < -0.39 is 0 Å². The number of morpholine rings is 1. The molecule has 2 heterocycles. The number of nitrogens with zero attached hydrogens (tertiary/aromatic N) is 1. The van der Waals surface area contributed by atoms with Crippen molar-refractivity contribution in [3.8, 4) is 0 Å². The van der Waals surface area contributed by atoms with Crippen molar-refractivity contribution in [2.45, 2.75) is 6.10 Å². The van der Waals surface area contributed by atoms with Crippen LogP contribution < -0.4 is 0 Å². The van der Waals surface area contributed by atoms with Crippen LogP contribution >= 0.6 is 15.9 Å². The van der Waals surface area contributed by atoms with E-state index >= 15 is 0 Å². The molecule has 25 heavy (non-hydrogen) atoms. The van der Waals surface area contributed by atoms with Crippen LogP contribution in [0.25, 0.3) is 11.0 Å². The summed E-state index contributed by atoms with van der Waals surface area (Å²) in [5.74, 6) is -0.152. The Kier molecular flexibility index (Phi) is 4.31. The van der Waals surface area contributed by atoms with Crippen LogP contribution in [0, 0.1) is 5.82 Å². The second kappa shape index (κ2) is 6.61. The van der Waals surface area contributed by atoms with Gasteiger partial charge in [-0.2, -0.15) is 0 Å². The molecule has 0 N–H and O–H groups in total. The summed E-state index contributed by atoms with van der Waals surface area (Å²) in [6.07, 6.45) is -0.269. The number of rotatable bonds is 2. The smallest absolute Gasteiger partial charge is 0.289 e. The zero-order valence-corrected chi connectivity index (χ0v) is 14.8. The van der Waals surface area contributed by atoms with E-state index in [1.165, 1.54) is 12.1 Å². The summed E-state index contributed by atoms with van der Waals surface area (Å²) in [6.45, 7) is 1.33. The van der Waals surface area contributed by atoms with Crippen LogP contribution in [0.5, 0.6) is 0 Å². The van der Waals surface area contributed by atoms with E-state index in [1.54, 1.807) is 23.1 Å². The fraction of sp³-hybridized carbons (Fsp3) is 0.211. The van der Waals surface area contributed by atoms with Gasteiger partial charge in [0.15, 0.2) is 5.76 Å². The van der Waals surface area contributed by atoms with Gasteiger partial charge in [-0.1, -0.05) is 24.3 Å². The van der Waals surface area contributed by atoms with E-state index in [2.05, 4.69) is 15.9 Å². The van der Waals surface area contributed by atoms with Gasteiger partial charge in [0.1, 0.15) is 17.5 Å². The molecular weight excluding hydrogens is 389 g/mol. The van der Waals surface area contributed by atoms with Gasteiger partial charge in [0, 0.05) is 11.9 Å². The Morgan fingerprint density at radius 1 is 1.20 bits per heavy atom. The Balaban J connectivity index is 1.56. The van der Waals surface area contributed by atoms with Crippen molar-refractivity contribution in [3.63, 3.8) is 0 Å². The van der Waals surface area contributed by atoms with Gasteiger partial charge in [0.2, 0.25) is 0 Å². The number of benzene rings is 2. The van der Waals surface area contributed by atoms with Crippen molar-refractivity contribution in [1.82, 2.24) is 4.90 Å². The van der Waals surface area contributed by atoms with Gasteiger partial charge >= 0.3 is 0 Å². The molecule has 1 atom stereocenters. The molecule has 4 rings (SSSR count). The Hall–Kier alpha value is -2.18. The first kappa shape index (κ1) is 16.3. The van der Waals surface area contributed by atoms with E-state index in [4.69, 9.17) is 9.15 Å². The topological polar surface area (TPSA) is 42.7 Å². The molecule has 3 aromatic rings.